The molecule has 1 nitrogen and oxygen atoms in total. The number of hydrogen-bond acceptors (Lipinski definition) is 1. The zero-order valence-corrected chi connectivity index (χ0v) is 7.18. The van der Waals surface area contributed by atoms with Crippen molar-refractivity contribution >= 4 is 17.7 Å². The van der Waals surface area contributed by atoms with Gasteiger partial charge in [-0.05, 0) is 12.1 Å². The van der Waals surface area contributed by atoms with E-state index in [-0.39, 0.29) is 5.82 Å². The highest BCUT2D eigenvalue weighted by atomic mass is 35.5. The van der Waals surface area contributed by atoms with Gasteiger partial charge in [0.2, 0.25) is 0 Å². The van der Waals surface area contributed by atoms with E-state index >= 15 is 0 Å². The lowest BCUT2D eigenvalue weighted by molar-refractivity contribution is 0.625. The predicted molar refractivity (Wildman–Crippen MR) is 49.5 cm³/mol. The normalized spacial score (nSPS) is 10.9. The topological polar surface area (TPSA) is 26.0 Å². The lowest BCUT2D eigenvalue weighted by Crippen LogP contribution is -1.92. The van der Waals surface area contributed by atoms with E-state index in [0.29, 0.717) is 17.1 Å². The molecule has 0 spiro atoms. The van der Waals surface area contributed by atoms with Crippen LogP contribution in [0.25, 0.3) is 6.08 Å². The minimum Gasteiger partial charge on any atom is -0.327 e. The molecule has 1 rings (SSSR count). The standard InChI is InChI=1S/C9H9ClFN/c10-8-4-3-7(2-1-5-12)9(11)6-8/h1-4,6H,5,12H2/b2-1+. The van der Waals surface area contributed by atoms with E-state index < -0.39 is 0 Å². The van der Waals surface area contributed by atoms with E-state index in [9.17, 15) is 4.39 Å². The molecule has 0 aliphatic carbocycles. The maximum absolute atomic E-state index is 13.0. The summed E-state index contributed by atoms with van der Waals surface area (Å²) >= 11 is 5.56. The molecule has 0 aliphatic heterocycles. The summed E-state index contributed by atoms with van der Waals surface area (Å²) in [6, 6.07) is 4.53. The summed E-state index contributed by atoms with van der Waals surface area (Å²) in [5, 5.41) is 0.400. The molecule has 1 aromatic rings. The van der Waals surface area contributed by atoms with Crippen molar-refractivity contribution < 1.29 is 4.39 Å². The fourth-order valence-electron chi connectivity index (χ4n) is 0.832. The predicted octanol–water partition coefficient (Wildman–Crippen LogP) is 2.45. The van der Waals surface area contributed by atoms with Crippen molar-refractivity contribution in [3.63, 3.8) is 0 Å². The van der Waals surface area contributed by atoms with Gasteiger partial charge in [0, 0.05) is 17.1 Å². The molecule has 0 aromatic heterocycles. The number of rotatable bonds is 2. The summed E-state index contributed by atoms with van der Waals surface area (Å²) in [6.45, 7) is 0.405. The molecule has 0 unspecified atom stereocenters. The zero-order valence-electron chi connectivity index (χ0n) is 6.43. The molecule has 0 heterocycles. The molecule has 0 saturated carbocycles. The first kappa shape index (κ1) is 9.23. The van der Waals surface area contributed by atoms with Crippen molar-refractivity contribution in [2.75, 3.05) is 6.54 Å². The molecule has 12 heavy (non-hydrogen) atoms. The van der Waals surface area contributed by atoms with Crippen molar-refractivity contribution in [3.8, 4) is 0 Å². The average molecular weight is 186 g/mol. The Morgan fingerprint density at radius 2 is 2.25 bits per heavy atom. The van der Waals surface area contributed by atoms with Gasteiger partial charge < -0.3 is 5.73 Å². The van der Waals surface area contributed by atoms with Crippen LogP contribution in [0, 0.1) is 5.82 Å². The van der Waals surface area contributed by atoms with Gasteiger partial charge in [0.15, 0.2) is 0 Å². The van der Waals surface area contributed by atoms with Gasteiger partial charge in [-0.1, -0.05) is 29.8 Å². The molecule has 64 valence electrons. The third kappa shape index (κ3) is 2.32. The largest absolute Gasteiger partial charge is 0.327 e. The fourth-order valence-corrected chi connectivity index (χ4v) is 0.990. The van der Waals surface area contributed by atoms with E-state index in [4.69, 9.17) is 17.3 Å². The molecule has 0 atom stereocenters. The maximum Gasteiger partial charge on any atom is 0.131 e. The molecular weight excluding hydrogens is 177 g/mol. The Morgan fingerprint density at radius 3 is 2.83 bits per heavy atom. The Hall–Kier alpha value is -0.860. The van der Waals surface area contributed by atoms with Crippen molar-refractivity contribution in [3.05, 3.63) is 40.7 Å². The van der Waals surface area contributed by atoms with E-state index in [0.717, 1.165) is 0 Å². The van der Waals surface area contributed by atoms with Crippen molar-refractivity contribution in [2.24, 2.45) is 5.73 Å². The van der Waals surface area contributed by atoms with Crippen molar-refractivity contribution in [1.82, 2.24) is 0 Å². The monoisotopic (exact) mass is 185 g/mol. The average Bonchev–Trinajstić information content (AvgIpc) is 2.03. The minimum atomic E-state index is -0.327. The van der Waals surface area contributed by atoms with Gasteiger partial charge in [-0.2, -0.15) is 0 Å². The molecule has 1 aromatic carbocycles. The summed E-state index contributed by atoms with van der Waals surface area (Å²) in [5.74, 6) is -0.327. The van der Waals surface area contributed by atoms with Crippen LogP contribution < -0.4 is 5.73 Å². The first-order valence-electron chi connectivity index (χ1n) is 3.55. The first-order valence-corrected chi connectivity index (χ1v) is 3.93. The summed E-state index contributed by atoms with van der Waals surface area (Å²) in [6.07, 6.45) is 3.32. The Labute approximate surface area is 75.6 Å². The second kappa shape index (κ2) is 4.24. The van der Waals surface area contributed by atoms with Gasteiger partial charge in [0.25, 0.3) is 0 Å². The molecular formula is C9H9ClFN. The molecule has 3 heteroatoms. The Balaban J connectivity index is 2.94. The number of halogens is 2. The minimum absolute atomic E-state index is 0.327. The summed E-state index contributed by atoms with van der Waals surface area (Å²) in [4.78, 5) is 0. The van der Waals surface area contributed by atoms with Crippen LogP contribution in [0.3, 0.4) is 0 Å². The highest BCUT2D eigenvalue weighted by molar-refractivity contribution is 6.30. The van der Waals surface area contributed by atoms with Crippen LogP contribution in [0.4, 0.5) is 4.39 Å². The van der Waals surface area contributed by atoms with Gasteiger partial charge in [0.05, 0.1) is 0 Å². The summed E-state index contributed by atoms with van der Waals surface area (Å²) in [7, 11) is 0. The smallest absolute Gasteiger partial charge is 0.131 e. The van der Waals surface area contributed by atoms with Gasteiger partial charge in [-0.15, -0.1) is 0 Å². The molecule has 0 saturated heterocycles. The summed E-state index contributed by atoms with van der Waals surface area (Å²) < 4.78 is 13.0. The number of benzene rings is 1. The van der Waals surface area contributed by atoms with Crippen LogP contribution in [-0.4, -0.2) is 6.54 Å². The molecule has 0 radical (unpaired) electrons. The van der Waals surface area contributed by atoms with Crippen LogP contribution in [0.2, 0.25) is 5.02 Å². The van der Waals surface area contributed by atoms with E-state index in [1.54, 1.807) is 24.3 Å². The molecule has 0 amide bonds. The maximum atomic E-state index is 13.0. The molecule has 0 aliphatic rings. The van der Waals surface area contributed by atoms with Crippen molar-refractivity contribution in [2.45, 2.75) is 0 Å². The highest BCUT2D eigenvalue weighted by Crippen LogP contribution is 2.15. The molecule has 0 fully saturated rings. The Bertz CT molecular complexity index is 297. The van der Waals surface area contributed by atoms with Crippen LogP contribution in [0.1, 0.15) is 5.56 Å². The first-order chi connectivity index (χ1) is 5.74. The third-order valence-electron chi connectivity index (χ3n) is 1.40. The highest BCUT2D eigenvalue weighted by Gasteiger charge is 1.97. The van der Waals surface area contributed by atoms with Gasteiger partial charge in [-0.25, -0.2) is 4.39 Å². The van der Waals surface area contributed by atoms with E-state index in [2.05, 4.69) is 0 Å². The second-order valence-electron chi connectivity index (χ2n) is 2.30. The Morgan fingerprint density at radius 1 is 1.50 bits per heavy atom. The second-order valence-corrected chi connectivity index (χ2v) is 2.74. The third-order valence-corrected chi connectivity index (χ3v) is 1.63. The number of hydrogen-bond donors (Lipinski definition) is 1. The van der Waals surface area contributed by atoms with Crippen LogP contribution >= 0.6 is 11.6 Å². The lowest BCUT2D eigenvalue weighted by atomic mass is 10.2. The quantitative estimate of drug-likeness (QED) is 0.753. The molecule has 2 N–H and O–H groups in total. The van der Waals surface area contributed by atoms with Crippen LogP contribution in [0.5, 0.6) is 0 Å². The van der Waals surface area contributed by atoms with Crippen LogP contribution in [0.15, 0.2) is 24.3 Å². The fraction of sp³-hybridized carbons (Fsp3) is 0.111. The van der Waals surface area contributed by atoms with Gasteiger partial charge >= 0.3 is 0 Å². The van der Waals surface area contributed by atoms with E-state index in [1.165, 1.54) is 6.07 Å². The molecule has 0 bridgehead atoms. The van der Waals surface area contributed by atoms with Crippen molar-refractivity contribution in [1.29, 1.82) is 0 Å². The SMILES string of the molecule is NC/C=C/c1ccc(Cl)cc1F. The Kier molecular flexibility index (Phi) is 3.26. The lowest BCUT2D eigenvalue weighted by Gasteiger charge is -1.96. The van der Waals surface area contributed by atoms with E-state index in [1.807, 2.05) is 0 Å². The zero-order chi connectivity index (χ0) is 8.97. The van der Waals surface area contributed by atoms with Gasteiger partial charge in [-0.3, -0.25) is 0 Å². The van der Waals surface area contributed by atoms with Gasteiger partial charge in [0.1, 0.15) is 5.82 Å². The summed E-state index contributed by atoms with van der Waals surface area (Å²) in [5.41, 5.74) is 5.73. The van der Waals surface area contributed by atoms with Crippen LogP contribution in [-0.2, 0) is 0 Å². The number of nitrogens with two attached hydrogens (primary N) is 1.